The van der Waals surface area contributed by atoms with Gasteiger partial charge in [0.05, 0.1) is 11.4 Å². The molecule has 0 aromatic heterocycles. The highest BCUT2D eigenvalue weighted by Crippen LogP contribution is 2.28. The molecule has 0 aliphatic carbocycles. The van der Waals surface area contributed by atoms with Gasteiger partial charge in [-0.3, -0.25) is 14.6 Å². The van der Waals surface area contributed by atoms with Gasteiger partial charge in [0.25, 0.3) is 11.8 Å². The number of nitrogens with one attached hydrogen (secondary N) is 3. The molecule has 2 aromatic rings. The fraction of sp³-hybridized carbons (Fsp3) is 0.0625. The molecule has 0 spiro atoms. The minimum Gasteiger partial charge on any atom is -0.595 e. The van der Waals surface area contributed by atoms with Crippen LogP contribution < -0.4 is 15.9 Å². The molecule has 1 aliphatic heterocycles. The predicted octanol–water partition coefficient (Wildman–Crippen LogP) is 1.20. The van der Waals surface area contributed by atoms with E-state index in [1.807, 2.05) is 0 Å². The van der Waals surface area contributed by atoms with Crippen LogP contribution in [0.25, 0.3) is 0 Å². The molecule has 4 N–H and O–H groups in total. The molecule has 0 radical (unpaired) electrons. The quantitative estimate of drug-likeness (QED) is 0.615. The van der Waals surface area contributed by atoms with Crippen LogP contribution in [0.5, 0.6) is 0 Å². The average molecular weight is 361 g/mol. The van der Waals surface area contributed by atoms with Crippen molar-refractivity contribution in [3.8, 4) is 0 Å². The van der Waals surface area contributed by atoms with E-state index >= 15 is 0 Å². The van der Waals surface area contributed by atoms with E-state index in [4.69, 9.17) is 16.8 Å². The van der Waals surface area contributed by atoms with Gasteiger partial charge in [-0.2, -0.15) is 5.23 Å². The maximum Gasteiger partial charge on any atom is 0.252 e. The van der Waals surface area contributed by atoms with Gasteiger partial charge in [0.15, 0.2) is 5.69 Å². The van der Waals surface area contributed by atoms with Crippen molar-refractivity contribution in [2.75, 3.05) is 5.32 Å². The Bertz CT molecular complexity index is 852. The fourth-order valence-electron chi connectivity index (χ4n) is 2.24. The number of fused-ring (bicyclic) bond motifs is 1. The van der Waals surface area contributed by atoms with Gasteiger partial charge in [-0.25, -0.2) is 5.21 Å². The maximum absolute atomic E-state index is 12.3. The zero-order chi connectivity index (χ0) is 18.0. The molecular formula is C16H13ClN4O4. The van der Waals surface area contributed by atoms with Crippen molar-refractivity contribution in [3.05, 3.63) is 58.3 Å². The summed E-state index contributed by atoms with van der Waals surface area (Å²) in [7, 11) is 0. The number of aliphatic imine (C=N–C) groups is 1. The number of halogens is 1. The van der Waals surface area contributed by atoms with E-state index in [1.165, 1.54) is 36.5 Å². The Morgan fingerprint density at radius 2 is 2.00 bits per heavy atom. The van der Waals surface area contributed by atoms with Crippen molar-refractivity contribution in [1.82, 2.24) is 5.32 Å². The molecule has 0 saturated heterocycles. The molecule has 2 amide bonds. The van der Waals surface area contributed by atoms with Crippen molar-refractivity contribution in [3.63, 3.8) is 0 Å². The zero-order valence-electron chi connectivity index (χ0n) is 12.7. The van der Waals surface area contributed by atoms with Crippen LogP contribution in [0.4, 0.5) is 17.1 Å². The van der Waals surface area contributed by atoms with Crippen LogP contribution in [-0.2, 0) is 4.79 Å². The second-order valence-corrected chi connectivity index (χ2v) is 5.70. The molecule has 2 atom stereocenters. The number of nitrogens with zero attached hydrogens (tertiary/aromatic N) is 1. The van der Waals surface area contributed by atoms with Crippen LogP contribution in [0.2, 0.25) is 5.02 Å². The minimum absolute atomic E-state index is 0.0258. The number of rotatable bonds is 3. The number of carbonyl (C=O) groups excluding carboxylic acids is 2. The fourth-order valence-corrected chi connectivity index (χ4v) is 2.37. The third-order valence-electron chi connectivity index (χ3n) is 3.54. The summed E-state index contributed by atoms with van der Waals surface area (Å²) in [5, 5.41) is 24.6. The smallest absolute Gasteiger partial charge is 0.252 e. The van der Waals surface area contributed by atoms with Gasteiger partial charge < -0.3 is 15.8 Å². The molecule has 2 unspecified atom stereocenters. The highest BCUT2D eigenvalue weighted by Gasteiger charge is 2.23. The maximum atomic E-state index is 12.3. The highest BCUT2D eigenvalue weighted by atomic mass is 35.5. The Morgan fingerprint density at radius 1 is 1.28 bits per heavy atom. The van der Waals surface area contributed by atoms with Gasteiger partial charge in [-0.1, -0.05) is 11.6 Å². The summed E-state index contributed by atoms with van der Waals surface area (Å²) >= 11 is 5.78. The second-order valence-electron chi connectivity index (χ2n) is 5.26. The zero-order valence-corrected chi connectivity index (χ0v) is 13.4. The summed E-state index contributed by atoms with van der Waals surface area (Å²) in [5.74, 6) is -0.979. The van der Waals surface area contributed by atoms with E-state index in [1.54, 1.807) is 12.1 Å². The molecule has 2 aromatic carbocycles. The van der Waals surface area contributed by atoms with Gasteiger partial charge in [0, 0.05) is 28.9 Å². The lowest BCUT2D eigenvalue weighted by atomic mass is 10.2. The molecule has 0 bridgehead atoms. The van der Waals surface area contributed by atoms with E-state index in [2.05, 4.69) is 15.6 Å². The second kappa shape index (κ2) is 6.99. The van der Waals surface area contributed by atoms with Gasteiger partial charge in [-0.15, -0.1) is 0 Å². The molecule has 3 rings (SSSR count). The molecule has 128 valence electrons. The molecule has 0 saturated carbocycles. The Labute approximate surface area is 147 Å². The number of hydrogen-bond acceptors (Lipinski definition) is 5. The van der Waals surface area contributed by atoms with E-state index in [0.717, 1.165) is 0 Å². The van der Waals surface area contributed by atoms with Crippen LogP contribution >= 0.6 is 11.6 Å². The predicted molar refractivity (Wildman–Crippen MR) is 91.7 cm³/mol. The van der Waals surface area contributed by atoms with Crippen molar-refractivity contribution in [2.45, 2.75) is 6.04 Å². The first-order valence-electron chi connectivity index (χ1n) is 7.23. The molecule has 9 heteroatoms. The monoisotopic (exact) mass is 360 g/mol. The van der Waals surface area contributed by atoms with Crippen LogP contribution in [0.15, 0.2) is 47.5 Å². The number of carbonyl (C=O) groups is 2. The lowest BCUT2D eigenvalue weighted by molar-refractivity contribution is -0.991. The molecule has 1 aliphatic rings. The minimum atomic E-state index is -1.11. The topological polar surface area (TPSA) is 118 Å². The van der Waals surface area contributed by atoms with Gasteiger partial charge in [-0.05, 0) is 30.3 Å². The first-order chi connectivity index (χ1) is 11.9. The number of quaternary nitrogens is 1. The standard InChI is InChI=1S/C16H13ClN4O4/c17-10-3-1-9(2-4-10)15(22)20-14-8-18-12-6-5-11(21(24)25)7-13(12)19-16(14)23/h1-8,14,21,24H,(H,19,23)(H,20,22). The van der Waals surface area contributed by atoms with Crippen LogP contribution in [-0.4, -0.2) is 29.3 Å². The summed E-state index contributed by atoms with van der Waals surface area (Å²) in [6.45, 7) is 0. The number of benzene rings is 2. The highest BCUT2D eigenvalue weighted by molar-refractivity contribution is 6.30. The molecule has 1 heterocycles. The first-order valence-corrected chi connectivity index (χ1v) is 7.60. The van der Waals surface area contributed by atoms with Crippen molar-refractivity contribution in [2.24, 2.45) is 4.99 Å². The van der Waals surface area contributed by atoms with Gasteiger partial charge >= 0.3 is 0 Å². The number of anilines is 1. The van der Waals surface area contributed by atoms with Crippen molar-refractivity contribution >= 4 is 46.7 Å². The van der Waals surface area contributed by atoms with Crippen molar-refractivity contribution < 1.29 is 20.0 Å². The Kier molecular flexibility index (Phi) is 4.77. The van der Waals surface area contributed by atoms with E-state index in [-0.39, 0.29) is 11.4 Å². The first kappa shape index (κ1) is 17.1. The average Bonchev–Trinajstić information content (AvgIpc) is 2.74. The Morgan fingerprint density at radius 3 is 2.68 bits per heavy atom. The molecular weight excluding hydrogens is 348 g/mol. The van der Waals surface area contributed by atoms with E-state index in [9.17, 15) is 14.8 Å². The summed E-state index contributed by atoms with van der Waals surface area (Å²) in [6.07, 6.45) is 1.30. The summed E-state index contributed by atoms with van der Waals surface area (Å²) in [5.41, 5.74) is 1.05. The third-order valence-corrected chi connectivity index (χ3v) is 3.79. The Hall–Kier alpha value is -2.78. The largest absolute Gasteiger partial charge is 0.595 e. The SMILES string of the molecule is O=C(NC1C=Nc2ccc([NH+]([O-])O)cc2NC1=O)c1ccc(Cl)cc1. The molecule has 0 fully saturated rings. The van der Waals surface area contributed by atoms with Crippen LogP contribution in [0.1, 0.15) is 10.4 Å². The molecule has 25 heavy (non-hydrogen) atoms. The van der Waals surface area contributed by atoms with Gasteiger partial charge in [0.2, 0.25) is 0 Å². The summed E-state index contributed by atoms with van der Waals surface area (Å²) < 4.78 is 0. The third kappa shape index (κ3) is 3.83. The number of hydrogen-bond donors (Lipinski definition) is 4. The van der Waals surface area contributed by atoms with Crippen molar-refractivity contribution in [1.29, 1.82) is 0 Å². The van der Waals surface area contributed by atoms with Crippen LogP contribution in [0.3, 0.4) is 0 Å². The lowest BCUT2D eigenvalue weighted by Crippen LogP contribution is -2.99. The van der Waals surface area contributed by atoms with E-state index < -0.39 is 23.1 Å². The number of amides is 2. The Balaban J connectivity index is 1.78. The van der Waals surface area contributed by atoms with E-state index in [0.29, 0.717) is 16.3 Å². The summed E-state index contributed by atoms with van der Waals surface area (Å²) in [6, 6.07) is 9.41. The molecule has 8 nitrogen and oxygen atoms in total. The van der Waals surface area contributed by atoms with Gasteiger partial charge in [0.1, 0.15) is 6.04 Å². The lowest BCUT2D eigenvalue weighted by Gasteiger charge is -2.14. The normalized spacial score (nSPS) is 17.2. The van der Waals surface area contributed by atoms with Crippen LogP contribution in [0, 0.1) is 5.21 Å². The summed E-state index contributed by atoms with van der Waals surface area (Å²) in [4.78, 5) is 28.7.